The number of benzene rings is 1. The minimum atomic E-state index is -4.00. The Bertz CT molecular complexity index is 843. The summed E-state index contributed by atoms with van der Waals surface area (Å²) in [5.41, 5.74) is 0. The average Bonchev–Trinajstić information content (AvgIpc) is 3.00. The Hall–Kier alpha value is -1.68. The third-order valence-electron chi connectivity index (χ3n) is 4.08. The fourth-order valence-corrected chi connectivity index (χ4v) is 4.47. The smallest absolute Gasteiger partial charge is 0.246 e. The molecule has 2 aromatic rings. The van der Waals surface area contributed by atoms with Crippen molar-refractivity contribution in [3.63, 3.8) is 0 Å². The molecule has 138 valence electrons. The summed E-state index contributed by atoms with van der Waals surface area (Å²) in [6.45, 7) is 1.16. The second-order valence-corrected chi connectivity index (χ2v) is 7.39. The van der Waals surface area contributed by atoms with Gasteiger partial charge in [-0.25, -0.2) is 17.8 Å². The van der Waals surface area contributed by atoms with Gasteiger partial charge in [0.1, 0.15) is 22.3 Å². The molecule has 10 heteroatoms. The molecule has 0 radical (unpaired) electrons. The molecule has 0 spiro atoms. The van der Waals surface area contributed by atoms with E-state index < -0.39 is 21.9 Å². The third-order valence-corrected chi connectivity index (χ3v) is 6.02. The van der Waals surface area contributed by atoms with E-state index in [9.17, 15) is 12.8 Å². The predicted octanol–water partition coefficient (Wildman–Crippen LogP) is 1.32. The Morgan fingerprint density at radius 3 is 2.76 bits per heavy atom. The van der Waals surface area contributed by atoms with Crippen LogP contribution >= 0.6 is 12.4 Å². The van der Waals surface area contributed by atoms with Gasteiger partial charge in [0.2, 0.25) is 10.0 Å². The number of ether oxygens (including phenoxy) is 1. The molecule has 3 rings (SSSR count). The molecule has 1 N–H and O–H groups in total. The molecular formula is C15H20ClFN4O3S. The Labute approximate surface area is 152 Å². The molecular weight excluding hydrogens is 371 g/mol. The van der Waals surface area contributed by atoms with Gasteiger partial charge in [0.25, 0.3) is 0 Å². The van der Waals surface area contributed by atoms with Crippen molar-refractivity contribution in [3.8, 4) is 5.75 Å². The van der Waals surface area contributed by atoms with Crippen LogP contribution in [-0.4, -0.2) is 49.0 Å². The summed E-state index contributed by atoms with van der Waals surface area (Å²) in [5.74, 6) is 0.0542. The molecule has 7 nitrogen and oxygen atoms in total. The number of sulfonamides is 1. The number of rotatable bonds is 4. The Kier molecular flexibility index (Phi) is 6.04. The lowest BCUT2D eigenvalue weighted by molar-refractivity contribution is 0.257. The summed E-state index contributed by atoms with van der Waals surface area (Å²) < 4.78 is 48.3. The van der Waals surface area contributed by atoms with Gasteiger partial charge < -0.3 is 14.6 Å². The lowest BCUT2D eigenvalue weighted by Crippen LogP contribution is -2.49. The van der Waals surface area contributed by atoms with Crippen LogP contribution in [0.4, 0.5) is 4.39 Å². The lowest BCUT2D eigenvalue weighted by atomic mass is 10.2. The topological polar surface area (TPSA) is 76.5 Å². The van der Waals surface area contributed by atoms with Gasteiger partial charge >= 0.3 is 0 Å². The molecule has 0 aliphatic carbocycles. The van der Waals surface area contributed by atoms with Crippen molar-refractivity contribution in [2.24, 2.45) is 7.05 Å². The number of halogens is 2. The van der Waals surface area contributed by atoms with Gasteiger partial charge in [-0.1, -0.05) is 0 Å². The zero-order chi connectivity index (χ0) is 17.3. The molecule has 1 atom stereocenters. The van der Waals surface area contributed by atoms with E-state index in [1.807, 2.05) is 0 Å². The van der Waals surface area contributed by atoms with E-state index in [0.29, 0.717) is 18.9 Å². The minimum Gasteiger partial charge on any atom is -0.497 e. The van der Waals surface area contributed by atoms with Crippen LogP contribution in [0.5, 0.6) is 5.75 Å². The first kappa shape index (κ1) is 19.6. The number of methoxy groups -OCH3 is 1. The van der Waals surface area contributed by atoms with Gasteiger partial charge in [-0.3, -0.25) is 0 Å². The number of imidazole rings is 1. The zero-order valence-electron chi connectivity index (χ0n) is 13.8. The molecule has 1 aromatic carbocycles. The molecule has 1 unspecified atom stereocenters. The molecule has 1 aliphatic rings. The van der Waals surface area contributed by atoms with Crippen LogP contribution in [0, 0.1) is 5.82 Å². The van der Waals surface area contributed by atoms with E-state index in [4.69, 9.17) is 4.74 Å². The van der Waals surface area contributed by atoms with Crippen molar-refractivity contribution < 1.29 is 17.5 Å². The average molecular weight is 391 g/mol. The van der Waals surface area contributed by atoms with Gasteiger partial charge in [0.05, 0.1) is 13.2 Å². The van der Waals surface area contributed by atoms with Crippen LogP contribution in [0.25, 0.3) is 0 Å². The van der Waals surface area contributed by atoms with E-state index in [0.717, 1.165) is 6.07 Å². The van der Waals surface area contributed by atoms with Gasteiger partial charge in [0, 0.05) is 45.1 Å². The van der Waals surface area contributed by atoms with Crippen LogP contribution in [0.1, 0.15) is 11.9 Å². The van der Waals surface area contributed by atoms with Crippen molar-refractivity contribution in [1.82, 2.24) is 19.2 Å². The first-order chi connectivity index (χ1) is 11.4. The lowest BCUT2D eigenvalue weighted by Gasteiger charge is -2.34. The Morgan fingerprint density at radius 2 is 2.16 bits per heavy atom. The van der Waals surface area contributed by atoms with Crippen molar-refractivity contribution in [1.29, 1.82) is 0 Å². The molecule has 1 aliphatic heterocycles. The highest BCUT2D eigenvalue weighted by atomic mass is 35.5. The van der Waals surface area contributed by atoms with Gasteiger partial charge in [-0.15, -0.1) is 12.4 Å². The van der Waals surface area contributed by atoms with Crippen LogP contribution in [-0.2, 0) is 17.1 Å². The fraction of sp³-hybridized carbons (Fsp3) is 0.400. The Balaban J connectivity index is 0.00000225. The SMILES string of the molecule is COc1ccc(S(=O)(=O)N2CCNCC2c2nccn2C)c(F)c1.Cl. The maximum absolute atomic E-state index is 14.3. The number of nitrogens with zero attached hydrogens (tertiary/aromatic N) is 3. The summed E-state index contributed by atoms with van der Waals surface area (Å²) in [4.78, 5) is 3.89. The molecule has 1 fully saturated rings. The monoisotopic (exact) mass is 390 g/mol. The number of aryl methyl sites for hydroxylation is 1. The summed E-state index contributed by atoms with van der Waals surface area (Å²) in [6.07, 6.45) is 3.37. The van der Waals surface area contributed by atoms with Crippen molar-refractivity contribution in [3.05, 3.63) is 42.2 Å². The molecule has 25 heavy (non-hydrogen) atoms. The highest BCUT2D eigenvalue weighted by molar-refractivity contribution is 7.89. The fourth-order valence-electron chi connectivity index (χ4n) is 2.84. The number of hydrogen-bond acceptors (Lipinski definition) is 5. The Morgan fingerprint density at radius 1 is 1.40 bits per heavy atom. The summed E-state index contributed by atoms with van der Waals surface area (Å²) in [5, 5.41) is 3.16. The first-order valence-corrected chi connectivity index (χ1v) is 8.92. The third kappa shape index (κ3) is 3.64. The number of hydrogen-bond donors (Lipinski definition) is 1. The molecule has 0 saturated carbocycles. The van der Waals surface area contributed by atoms with Crippen LogP contribution in [0.15, 0.2) is 35.5 Å². The van der Waals surface area contributed by atoms with Crippen LogP contribution in [0.2, 0.25) is 0 Å². The van der Waals surface area contributed by atoms with Crippen molar-refractivity contribution in [2.75, 3.05) is 26.7 Å². The zero-order valence-corrected chi connectivity index (χ0v) is 15.5. The number of piperazine rings is 1. The predicted molar refractivity (Wildman–Crippen MR) is 92.9 cm³/mol. The quantitative estimate of drug-likeness (QED) is 0.852. The maximum Gasteiger partial charge on any atom is 0.246 e. The van der Waals surface area contributed by atoms with Crippen molar-refractivity contribution >= 4 is 22.4 Å². The molecule has 2 heterocycles. The van der Waals surface area contributed by atoms with E-state index in [2.05, 4.69) is 10.3 Å². The standard InChI is InChI=1S/C15H19FN4O3S.ClH/c1-19-7-6-18-15(19)13-10-17-5-8-20(13)24(21,22)14-4-3-11(23-2)9-12(14)16;/h3-4,6-7,9,13,17H,5,8,10H2,1-2H3;1H. The van der Waals surface area contributed by atoms with Gasteiger partial charge in [-0.05, 0) is 12.1 Å². The second kappa shape index (κ2) is 7.69. The maximum atomic E-state index is 14.3. The molecule has 0 bridgehead atoms. The number of nitrogens with one attached hydrogen (secondary N) is 1. The van der Waals surface area contributed by atoms with Crippen LogP contribution < -0.4 is 10.1 Å². The van der Waals surface area contributed by atoms with E-state index in [1.54, 1.807) is 24.0 Å². The first-order valence-electron chi connectivity index (χ1n) is 7.48. The summed E-state index contributed by atoms with van der Waals surface area (Å²) >= 11 is 0. The summed E-state index contributed by atoms with van der Waals surface area (Å²) in [7, 11) is -0.800. The van der Waals surface area contributed by atoms with Gasteiger partial charge in [0.15, 0.2) is 0 Å². The second-order valence-electron chi connectivity index (χ2n) is 5.53. The van der Waals surface area contributed by atoms with E-state index >= 15 is 0 Å². The molecule has 1 saturated heterocycles. The normalized spacial score (nSPS) is 18.6. The van der Waals surface area contributed by atoms with Gasteiger partial charge in [-0.2, -0.15) is 4.31 Å². The molecule has 0 amide bonds. The van der Waals surface area contributed by atoms with Crippen molar-refractivity contribution in [2.45, 2.75) is 10.9 Å². The molecule has 1 aromatic heterocycles. The van der Waals surface area contributed by atoms with Crippen LogP contribution in [0.3, 0.4) is 0 Å². The number of aromatic nitrogens is 2. The highest BCUT2D eigenvalue weighted by Crippen LogP contribution is 2.30. The highest BCUT2D eigenvalue weighted by Gasteiger charge is 2.37. The van der Waals surface area contributed by atoms with E-state index in [1.165, 1.54) is 23.5 Å². The largest absolute Gasteiger partial charge is 0.497 e. The van der Waals surface area contributed by atoms with E-state index in [-0.39, 0.29) is 29.6 Å². The minimum absolute atomic E-state index is 0. The summed E-state index contributed by atoms with van der Waals surface area (Å²) in [6, 6.07) is 3.25.